The van der Waals surface area contributed by atoms with E-state index < -0.39 is 0 Å². The van der Waals surface area contributed by atoms with Gasteiger partial charge in [0, 0.05) is 36.8 Å². The van der Waals surface area contributed by atoms with Gasteiger partial charge in [-0.25, -0.2) is 0 Å². The van der Waals surface area contributed by atoms with Crippen molar-refractivity contribution in [3.8, 4) is 0 Å². The molecule has 1 aromatic carbocycles. The molecule has 1 saturated heterocycles. The number of aromatic nitrogens is 2. The van der Waals surface area contributed by atoms with E-state index in [1.807, 2.05) is 60.0 Å². The molecule has 0 N–H and O–H groups in total. The first-order valence-electron chi connectivity index (χ1n) is 8.43. The number of amides is 1. The number of hydrogen-bond donors (Lipinski definition) is 0. The Bertz CT molecular complexity index is 893. The lowest BCUT2D eigenvalue weighted by atomic mass is 9.98. The van der Waals surface area contributed by atoms with Crippen molar-refractivity contribution in [2.24, 2.45) is 7.05 Å². The van der Waals surface area contributed by atoms with E-state index in [9.17, 15) is 4.79 Å². The van der Waals surface area contributed by atoms with Gasteiger partial charge in [-0.2, -0.15) is 0 Å². The minimum absolute atomic E-state index is 0.00247. The number of aryl methyl sites for hydroxylation is 2. The molecule has 0 saturated carbocycles. The number of para-hydroxylation sites is 1. The maximum absolute atomic E-state index is 13.3. The SMILES string of the molecule is Cc1cc([C@H]2CCCCN2C(=O)c2cn(C)c3ccccc23)no1. The van der Waals surface area contributed by atoms with Crippen molar-refractivity contribution in [3.05, 3.63) is 53.5 Å². The average molecular weight is 323 g/mol. The molecule has 1 atom stereocenters. The summed E-state index contributed by atoms with van der Waals surface area (Å²) in [5.41, 5.74) is 2.70. The Labute approximate surface area is 140 Å². The van der Waals surface area contributed by atoms with Gasteiger partial charge in [0.05, 0.1) is 11.6 Å². The first kappa shape index (κ1) is 15.0. The van der Waals surface area contributed by atoms with E-state index in [2.05, 4.69) is 5.16 Å². The van der Waals surface area contributed by atoms with Crippen LogP contribution in [0.2, 0.25) is 0 Å². The number of fused-ring (bicyclic) bond motifs is 1. The number of rotatable bonds is 2. The fourth-order valence-corrected chi connectivity index (χ4v) is 3.69. The highest BCUT2D eigenvalue weighted by Gasteiger charge is 2.32. The van der Waals surface area contributed by atoms with Gasteiger partial charge in [-0.15, -0.1) is 0 Å². The second-order valence-electron chi connectivity index (χ2n) is 6.54. The van der Waals surface area contributed by atoms with E-state index in [0.717, 1.165) is 53.7 Å². The lowest BCUT2D eigenvalue weighted by Crippen LogP contribution is -2.38. The summed E-state index contributed by atoms with van der Waals surface area (Å²) in [6.07, 6.45) is 5.01. The van der Waals surface area contributed by atoms with Crippen LogP contribution >= 0.6 is 0 Å². The zero-order valence-corrected chi connectivity index (χ0v) is 14.0. The van der Waals surface area contributed by atoms with Gasteiger partial charge in [-0.05, 0) is 32.3 Å². The second kappa shape index (κ2) is 5.82. The lowest BCUT2D eigenvalue weighted by molar-refractivity contribution is 0.0604. The minimum Gasteiger partial charge on any atom is -0.361 e. The Balaban J connectivity index is 1.73. The van der Waals surface area contributed by atoms with Gasteiger partial charge in [-0.1, -0.05) is 23.4 Å². The summed E-state index contributed by atoms with van der Waals surface area (Å²) >= 11 is 0. The largest absolute Gasteiger partial charge is 0.361 e. The standard InChI is InChI=1S/C19H21N3O2/c1-13-11-16(20-24-13)18-9-5-6-10-22(18)19(23)15-12-21(2)17-8-4-3-7-14(15)17/h3-4,7-8,11-12,18H,5-6,9-10H2,1-2H3/t18-/m1/s1. The monoisotopic (exact) mass is 323 g/mol. The maximum Gasteiger partial charge on any atom is 0.256 e. The van der Waals surface area contributed by atoms with Crippen LogP contribution < -0.4 is 0 Å². The molecule has 1 aliphatic rings. The van der Waals surface area contributed by atoms with Gasteiger partial charge < -0.3 is 14.0 Å². The third-order valence-corrected chi connectivity index (χ3v) is 4.88. The molecule has 0 radical (unpaired) electrons. The van der Waals surface area contributed by atoms with Crippen LogP contribution in [0, 0.1) is 6.92 Å². The van der Waals surface area contributed by atoms with Crippen molar-refractivity contribution in [2.45, 2.75) is 32.2 Å². The van der Waals surface area contributed by atoms with Crippen LogP contribution in [0.4, 0.5) is 0 Å². The number of likely N-dealkylation sites (tertiary alicyclic amines) is 1. The summed E-state index contributed by atoms with van der Waals surface area (Å²) < 4.78 is 7.25. The fraction of sp³-hybridized carbons (Fsp3) is 0.368. The summed E-state index contributed by atoms with van der Waals surface area (Å²) in [5.74, 6) is 0.866. The van der Waals surface area contributed by atoms with Crippen LogP contribution in [-0.2, 0) is 7.05 Å². The van der Waals surface area contributed by atoms with Crippen molar-refractivity contribution in [1.29, 1.82) is 0 Å². The van der Waals surface area contributed by atoms with Crippen molar-refractivity contribution < 1.29 is 9.32 Å². The van der Waals surface area contributed by atoms with Crippen molar-refractivity contribution in [3.63, 3.8) is 0 Å². The van der Waals surface area contributed by atoms with Crippen LogP contribution in [0.25, 0.3) is 10.9 Å². The molecule has 3 heterocycles. The number of benzene rings is 1. The topological polar surface area (TPSA) is 51.3 Å². The molecule has 3 aromatic rings. The predicted molar refractivity (Wildman–Crippen MR) is 91.8 cm³/mol. The molecule has 0 aliphatic carbocycles. The maximum atomic E-state index is 13.3. The molecule has 24 heavy (non-hydrogen) atoms. The van der Waals surface area contributed by atoms with Crippen molar-refractivity contribution in [2.75, 3.05) is 6.54 Å². The second-order valence-corrected chi connectivity index (χ2v) is 6.54. The Morgan fingerprint density at radius 2 is 2.12 bits per heavy atom. The molecule has 4 rings (SSSR count). The summed E-state index contributed by atoms with van der Waals surface area (Å²) in [4.78, 5) is 15.2. The van der Waals surface area contributed by atoms with Crippen LogP contribution in [0.1, 0.15) is 47.1 Å². The third-order valence-electron chi connectivity index (χ3n) is 4.88. The van der Waals surface area contributed by atoms with Crippen molar-refractivity contribution >= 4 is 16.8 Å². The number of piperidine rings is 1. The summed E-state index contributed by atoms with van der Waals surface area (Å²) in [6, 6.07) is 9.98. The normalized spacial score (nSPS) is 18.2. The quantitative estimate of drug-likeness (QED) is 0.720. The van der Waals surface area contributed by atoms with Gasteiger partial charge in [0.25, 0.3) is 5.91 Å². The lowest BCUT2D eigenvalue weighted by Gasteiger charge is -2.34. The van der Waals surface area contributed by atoms with Gasteiger partial charge in [0.1, 0.15) is 11.5 Å². The molecule has 0 bridgehead atoms. The van der Waals surface area contributed by atoms with Crippen LogP contribution in [0.5, 0.6) is 0 Å². The number of carbonyl (C=O) groups is 1. The highest BCUT2D eigenvalue weighted by molar-refractivity contribution is 6.07. The number of hydrogen-bond acceptors (Lipinski definition) is 3. The molecular weight excluding hydrogens is 302 g/mol. The van der Waals surface area contributed by atoms with Gasteiger partial charge in [0.15, 0.2) is 0 Å². The number of carbonyl (C=O) groups excluding carboxylic acids is 1. The molecule has 0 unspecified atom stereocenters. The van der Waals surface area contributed by atoms with Gasteiger partial charge in [0.2, 0.25) is 0 Å². The molecule has 1 amide bonds. The van der Waals surface area contributed by atoms with Gasteiger partial charge in [-0.3, -0.25) is 4.79 Å². The highest BCUT2D eigenvalue weighted by atomic mass is 16.5. The average Bonchev–Trinajstić information content (AvgIpc) is 3.19. The fourth-order valence-electron chi connectivity index (χ4n) is 3.69. The Hall–Kier alpha value is -2.56. The summed E-state index contributed by atoms with van der Waals surface area (Å²) in [5, 5.41) is 5.16. The van der Waals surface area contributed by atoms with Crippen LogP contribution in [-0.4, -0.2) is 27.1 Å². The number of nitrogens with zero attached hydrogens (tertiary/aromatic N) is 3. The molecule has 2 aromatic heterocycles. The van der Waals surface area contributed by atoms with E-state index in [-0.39, 0.29) is 11.9 Å². The molecule has 0 spiro atoms. The molecule has 124 valence electrons. The Morgan fingerprint density at radius 1 is 1.29 bits per heavy atom. The smallest absolute Gasteiger partial charge is 0.256 e. The molecule has 1 aliphatic heterocycles. The van der Waals surface area contributed by atoms with E-state index in [1.54, 1.807) is 0 Å². The predicted octanol–water partition coefficient (Wildman–Crippen LogP) is 3.84. The molecule has 5 heteroatoms. The zero-order valence-electron chi connectivity index (χ0n) is 14.0. The molecule has 1 fully saturated rings. The van der Waals surface area contributed by atoms with Gasteiger partial charge >= 0.3 is 0 Å². The molecule has 5 nitrogen and oxygen atoms in total. The van der Waals surface area contributed by atoms with E-state index in [1.165, 1.54) is 0 Å². The summed E-state index contributed by atoms with van der Waals surface area (Å²) in [7, 11) is 1.98. The van der Waals surface area contributed by atoms with Crippen LogP contribution in [0.3, 0.4) is 0 Å². The first-order chi connectivity index (χ1) is 11.6. The highest BCUT2D eigenvalue weighted by Crippen LogP contribution is 2.33. The Kier molecular flexibility index (Phi) is 3.63. The third kappa shape index (κ3) is 2.40. The zero-order chi connectivity index (χ0) is 16.7. The minimum atomic E-state index is 0.00247. The van der Waals surface area contributed by atoms with E-state index in [4.69, 9.17) is 4.52 Å². The van der Waals surface area contributed by atoms with E-state index >= 15 is 0 Å². The van der Waals surface area contributed by atoms with Crippen LogP contribution in [0.15, 0.2) is 41.1 Å². The summed E-state index contributed by atoms with van der Waals surface area (Å²) in [6.45, 7) is 2.65. The van der Waals surface area contributed by atoms with E-state index in [0.29, 0.717) is 0 Å². The Morgan fingerprint density at radius 3 is 2.92 bits per heavy atom. The molecular formula is C19H21N3O2. The van der Waals surface area contributed by atoms with Crippen molar-refractivity contribution in [1.82, 2.24) is 14.6 Å². The first-order valence-corrected chi connectivity index (χ1v) is 8.43.